The molecular weight excluding hydrogens is 262 g/mol. The second kappa shape index (κ2) is 6.09. The van der Waals surface area contributed by atoms with Gasteiger partial charge in [0, 0.05) is 5.56 Å². The lowest BCUT2D eigenvalue weighted by Crippen LogP contribution is -2.13. The van der Waals surface area contributed by atoms with Gasteiger partial charge in [-0.3, -0.25) is 10.1 Å². The molecule has 2 rings (SSSR count). The van der Waals surface area contributed by atoms with Gasteiger partial charge in [-0.2, -0.15) is 0 Å². The van der Waals surface area contributed by atoms with E-state index in [-0.39, 0.29) is 12.5 Å². The van der Waals surface area contributed by atoms with Crippen LogP contribution in [0.25, 0.3) is 0 Å². The molecule has 0 atom stereocenters. The molecule has 0 bridgehead atoms. The van der Waals surface area contributed by atoms with Gasteiger partial charge in [0.15, 0.2) is 0 Å². The smallest absolute Gasteiger partial charge is 0.258 e. The Morgan fingerprint density at radius 2 is 2.37 bits per heavy atom. The lowest BCUT2D eigenvalue weighted by molar-refractivity contribution is 0.102. The minimum Gasteiger partial charge on any atom is -0.384 e. The summed E-state index contributed by atoms with van der Waals surface area (Å²) in [5, 5.41) is 19.2. The average Bonchev–Trinajstić information content (AvgIpc) is 2.89. The molecule has 96 valence electrons. The summed E-state index contributed by atoms with van der Waals surface area (Å²) >= 11 is 1.24. The molecule has 0 aliphatic carbocycles. The Hall–Kier alpha value is -2.23. The third-order valence-corrected chi connectivity index (χ3v) is 2.91. The van der Waals surface area contributed by atoms with Crippen LogP contribution in [0.2, 0.25) is 0 Å². The van der Waals surface area contributed by atoms with Gasteiger partial charge in [0.05, 0.1) is 5.56 Å². The van der Waals surface area contributed by atoms with Crippen molar-refractivity contribution in [2.75, 3.05) is 11.9 Å². The van der Waals surface area contributed by atoms with Gasteiger partial charge >= 0.3 is 0 Å². The second-order valence-electron chi connectivity index (χ2n) is 3.71. The van der Waals surface area contributed by atoms with Crippen molar-refractivity contribution in [2.24, 2.45) is 0 Å². The van der Waals surface area contributed by atoms with E-state index in [1.54, 1.807) is 12.1 Å². The van der Waals surface area contributed by atoms with Gasteiger partial charge in [-0.15, -0.1) is 10.2 Å². The van der Waals surface area contributed by atoms with Crippen molar-refractivity contribution >= 4 is 22.4 Å². The minimum absolute atomic E-state index is 0.245. The highest BCUT2D eigenvalue weighted by atomic mass is 32.1. The Kier molecular flexibility index (Phi) is 4.23. The molecule has 0 spiro atoms. The van der Waals surface area contributed by atoms with Crippen LogP contribution in [0.5, 0.6) is 0 Å². The molecule has 1 aromatic heterocycles. The molecule has 0 aliphatic heterocycles. The van der Waals surface area contributed by atoms with E-state index in [0.717, 1.165) is 5.56 Å². The molecule has 1 amide bonds. The number of aromatic nitrogens is 2. The predicted molar refractivity (Wildman–Crippen MR) is 73.0 cm³/mol. The van der Waals surface area contributed by atoms with Gasteiger partial charge in [-0.25, -0.2) is 0 Å². The number of hydrogen-bond donors (Lipinski definition) is 2. The standard InChI is InChI=1S/C13H11N3O2S/c1-9-4-5-11(10(7-9)3-2-6-17)12(18)15-13-16-14-8-19-13/h4-5,7-8,17H,6H2,1H3,(H,15,16,18). The normalized spacial score (nSPS) is 9.58. The average molecular weight is 273 g/mol. The topological polar surface area (TPSA) is 75.1 Å². The number of amides is 1. The van der Waals surface area contributed by atoms with Crippen molar-refractivity contribution in [2.45, 2.75) is 6.92 Å². The summed E-state index contributed by atoms with van der Waals surface area (Å²) in [6, 6.07) is 5.34. The number of nitrogens with zero attached hydrogens (tertiary/aromatic N) is 2. The molecule has 5 nitrogen and oxygen atoms in total. The van der Waals surface area contributed by atoms with Crippen molar-refractivity contribution < 1.29 is 9.90 Å². The number of rotatable bonds is 2. The number of anilines is 1. The second-order valence-corrected chi connectivity index (χ2v) is 4.54. The van der Waals surface area contributed by atoms with E-state index in [1.807, 2.05) is 13.0 Å². The van der Waals surface area contributed by atoms with Crippen LogP contribution in [0.4, 0.5) is 5.13 Å². The van der Waals surface area contributed by atoms with E-state index >= 15 is 0 Å². The summed E-state index contributed by atoms with van der Waals surface area (Å²) in [6.45, 7) is 1.67. The zero-order valence-corrected chi connectivity index (χ0v) is 11.0. The van der Waals surface area contributed by atoms with Gasteiger partial charge in [-0.1, -0.05) is 29.2 Å². The fourth-order valence-corrected chi connectivity index (χ4v) is 1.93. The lowest BCUT2D eigenvalue weighted by Gasteiger charge is -2.05. The largest absolute Gasteiger partial charge is 0.384 e. The first-order chi connectivity index (χ1) is 9.20. The van der Waals surface area contributed by atoms with E-state index in [4.69, 9.17) is 5.11 Å². The van der Waals surface area contributed by atoms with Crippen LogP contribution in [0.15, 0.2) is 23.7 Å². The Morgan fingerprint density at radius 1 is 1.53 bits per heavy atom. The molecule has 1 aromatic carbocycles. The van der Waals surface area contributed by atoms with Gasteiger partial charge < -0.3 is 5.11 Å². The molecule has 0 unspecified atom stereocenters. The zero-order chi connectivity index (χ0) is 13.7. The number of aryl methyl sites for hydroxylation is 1. The van der Waals surface area contributed by atoms with Crippen LogP contribution in [-0.4, -0.2) is 27.8 Å². The number of carbonyl (C=O) groups is 1. The van der Waals surface area contributed by atoms with Gasteiger partial charge in [0.25, 0.3) is 5.91 Å². The van der Waals surface area contributed by atoms with Crippen LogP contribution < -0.4 is 5.32 Å². The van der Waals surface area contributed by atoms with Crippen LogP contribution >= 0.6 is 11.3 Å². The molecule has 0 radical (unpaired) electrons. The molecule has 1 heterocycles. The Balaban J connectivity index is 2.30. The van der Waals surface area contributed by atoms with E-state index in [9.17, 15) is 4.79 Å². The van der Waals surface area contributed by atoms with Crippen molar-refractivity contribution in [1.29, 1.82) is 0 Å². The van der Waals surface area contributed by atoms with Crippen LogP contribution in [-0.2, 0) is 0 Å². The molecular formula is C13H11N3O2S. The highest BCUT2D eigenvalue weighted by Gasteiger charge is 2.12. The molecule has 2 aromatic rings. The van der Waals surface area contributed by atoms with Crippen LogP contribution in [0.3, 0.4) is 0 Å². The maximum absolute atomic E-state index is 12.1. The highest BCUT2D eigenvalue weighted by Crippen LogP contribution is 2.15. The SMILES string of the molecule is Cc1ccc(C(=O)Nc2nncs2)c(C#CCO)c1. The number of aliphatic hydroxyl groups is 1. The Morgan fingerprint density at radius 3 is 3.05 bits per heavy atom. The number of aliphatic hydroxyl groups excluding tert-OH is 1. The van der Waals surface area contributed by atoms with Crippen molar-refractivity contribution in [3.63, 3.8) is 0 Å². The predicted octanol–water partition coefficient (Wildman–Crippen LogP) is 1.44. The Bertz CT molecular complexity index is 642. The van der Waals surface area contributed by atoms with E-state index in [1.165, 1.54) is 16.8 Å². The van der Waals surface area contributed by atoms with Gasteiger partial charge in [-0.05, 0) is 24.6 Å². The molecule has 6 heteroatoms. The monoisotopic (exact) mass is 273 g/mol. The molecule has 0 saturated carbocycles. The number of nitrogens with one attached hydrogen (secondary N) is 1. The van der Waals surface area contributed by atoms with Crippen molar-refractivity contribution in [1.82, 2.24) is 10.2 Å². The van der Waals surface area contributed by atoms with E-state index < -0.39 is 0 Å². The highest BCUT2D eigenvalue weighted by molar-refractivity contribution is 7.13. The number of carbonyl (C=O) groups excluding carboxylic acids is 1. The van der Waals surface area contributed by atoms with Crippen molar-refractivity contribution in [3.05, 3.63) is 40.4 Å². The van der Waals surface area contributed by atoms with Gasteiger partial charge in [0.2, 0.25) is 5.13 Å². The van der Waals surface area contributed by atoms with Gasteiger partial charge in [0.1, 0.15) is 12.1 Å². The van der Waals surface area contributed by atoms with Crippen LogP contribution in [0.1, 0.15) is 21.5 Å². The first-order valence-electron chi connectivity index (χ1n) is 5.48. The van der Waals surface area contributed by atoms with E-state index in [0.29, 0.717) is 16.3 Å². The third-order valence-electron chi connectivity index (χ3n) is 2.30. The first kappa shape index (κ1) is 13.2. The maximum atomic E-state index is 12.1. The van der Waals surface area contributed by atoms with E-state index in [2.05, 4.69) is 27.4 Å². The quantitative estimate of drug-likeness (QED) is 0.812. The number of benzene rings is 1. The Labute approximate surface area is 114 Å². The maximum Gasteiger partial charge on any atom is 0.258 e. The summed E-state index contributed by atoms with van der Waals surface area (Å²) in [6.07, 6.45) is 0. The summed E-state index contributed by atoms with van der Waals surface area (Å²) in [5.74, 6) is 5.02. The summed E-state index contributed by atoms with van der Waals surface area (Å²) in [5.41, 5.74) is 3.56. The number of hydrogen-bond acceptors (Lipinski definition) is 5. The lowest BCUT2D eigenvalue weighted by atomic mass is 10.0. The fourth-order valence-electron chi connectivity index (χ4n) is 1.49. The molecule has 2 N–H and O–H groups in total. The van der Waals surface area contributed by atoms with Crippen LogP contribution in [0, 0.1) is 18.8 Å². The molecule has 0 fully saturated rings. The molecule has 19 heavy (non-hydrogen) atoms. The minimum atomic E-state index is -0.293. The molecule has 0 aliphatic rings. The zero-order valence-electron chi connectivity index (χ0n) is 10.2. The third kappa shape index (κ3) is 3.37. The first-order valence-corrected chi connectivity index (χ1v) is 6.36. The fraction of sp³-hybridized carbons (Fsp3) is 0.154. The summed E-state index contributed by atoms with van der Waals surface area (Å²) in [4.78, 5) is 12.1. The summed E-state index contributed by atoms with van der Waals surface area (Å²) in [7, 11) is 0. The summed E-state index contributed by atoms with van der Waals surface area (Å²) < 4.78 is 0. The van der Waals surface area contributed by atoms with Crippen molar-refractivity contribution in [3.8, 4) is 11.8 Å². The molecule has 0 saturated heterocycles.